The summed E-state index contributed by atoms with van der Waals surface area (Å²) in [7, 11) is -3.44. The predicted molar refractivity (Wildman–Crippen MR) is 99.9 cm³/mol. The Morgan fingerprint density at radius 1 is 1.23 bits per heavy atom. The van der Waals surface area contributed by atoms with Gasteiger partial charge in [-0.3, -0.25) is 9.69 Å². The number of anilines is 1. The minimum Gasteiger partial charge on any atom is -0.325 e. The van der Waals surface area contributed by atoms with E-state index in [0.29, 0.717) is 45.0 Å². The van der Waals surface area contributed by atoms with Gasteiger partial charge in [0.2, 0.25) is 5.91 Å². The Bertz CT molecular complexity index is 735. The molecule has 1 saturated heterocycles. The second kappa shape index (κ2) is 9.09. The minimum atomic E-state index is -3.44. The summed E-state index contributed by atoms with van der Waals surface area (Å²) in [6.45, 7) is 6.24. The highest BCUT2D eigenvalue weighted by Crippen LogP contribution is 2.19. The molecule has 1 heterocycles. The van der Waals surface area contributed by atoms with E-state index in [0.717, 1.165) is 0 Å². The van der Waals surface area contributed by atoms with Crippen molar-refractivity contribution in [3.63, 3.8) is 0 Å². The maximum Gasteiger partial charge on any atom is 0.282 e. The molecule has 7 nitrogen and oxygen atoms in total. The van der Waals surface area contributed by atoms with E-state index in [9.17, 15) is 17.6 Å². The molecule has 2 rings (SSSR count). The molecule has 146 valence electrons. The number of nitrogens with one attached hydrogen (secondary N) is 1. The summed E-state index contributed by atoms with van der Waals surface area (Å²) in [4.78, 5) is 14.0. The van der Waals surface area contributed by atoms with E-state index in [1.807, 2.05) is 18.7 Å². The van der Waals surface area contributed by atoms with Gasteiger partial charge in [-0.05, 0) is 18.2 Å². The molecular weight excluding hydrogens is 383 g/mol. The van der Waals surface area contributed by atoms with Crippen LogP contribution in [0.4, 0.5) is 10.1 Å². The molecule has 26 heavy (non-hydrogen) atoms. The average molecular weight is 407 g/mol. The second-order valence-electron chi connectivity index (χ2n) is 5.94. The SMILES string of the molecule is CCN(CC)S(=O)(=O)N1CCN(CC(=O)Nc2ccc(F)c(Cl)c2)CC1. The molecule has 1 fully saturated rings. The molecule has 1 aromatic carbocycles. The lowest BCUT2D eigenvalue weighted by atomic mass is 10.3. The van der Waals surface area contributed by atoms with E-state index < -0.39 is 16.0 Å². The molecule has 0 aromatic heterocycles. The molecule has 0 saturated carbocycles. The first kappa shape index (κ1) is 21.0. The zero-order valence-electron chi connectivity index (χ0n) is 14.9. The summed E-state index contributed by atoms with van der Waals surface area (Å²) in [5, 5.41) is 2.61. The van der Waals surface area contributed by atoms with Gasteiger partial charge in [0.1, 0.15) is 5.82 Å². The van der Waals surface area contributed by atoms with Gasteiger partial charge < -0.3 is 5.32 Å². The maximum absolute atomic E-state index is 13.1. The van der Waals surface area contributed by atoms with Gasteiger partial charge in [0.15, 0.2) is 0 Å². The Morgan fingerprint density at radius 3 is 2.38 bits per heavy atom. The van der Waals surface area contributed by atoms with Gasteiger partial charge in [0.05, 0.1) is 11.6 Å². The summed E-state index contributed by atoms with van der Waals surface area (Å²) >= 11 is 5.69. The van der Waals surface area contributed by atoms with Crippen LogP contribution in [0.2, 0.25) is 5.02 Å². The number of piperazine rings is 1. The van der Waals surface area contributed by atoms with Gasteiger partial charge in [-0.15, -0.1) is 0 Å². The zero-order chi connectivity index (χ0) is 19.3. The molecule has 1 aliphatic heterocycles. The first-order chi connectivity index (χ1) is 12.3. The van der Waals surface area contributed by atoms with Gasteiger partial charge in [0, 0.05) is 45.0 Å². The van der Waals surface area contributed by atoms with E-state index in [-0.39, 0.29) is 17.5 Å². The second-order valence-corrected chi connectivity index (χ2v) is 8.28. The summed E-state index contributed by atoms with van der Waals surface area (Å²) in [6.07, 6.45) is 0. The Balaban J connectivity index is 1.86. The number of carbonyl (C=O) groups excluding carboxylic acids is 1. The summed E-state index contributed by atoms with van der Waals surface area (Å²) in [6, 6.07) is 3.98. The number of hydrogen-bond acceptors (Lipinski definition) is 4. The molecule has 0 atom stereocenters. The molecular formula is C16H24ClFN4O3S. The molecule has 1 amide bonds. The fourth-order valence-corrected chi connectivity index (χ4v) is 4.59. The highest BCUT2D eigenvalue weighted by molar-refractivity contribution is 7.86. The Morgan fingerprint density at radius 2 is 1.85 bits per heavy atom. The van der Waals surface area contributed by atoms with E-state index in [1.54, 1.807) is 0 Å². The minimum absolute atomic E-state index is 0.0574. The van der Waals surface area contributed by atoms with Crippen molar-refractivity contribution in [2.24, 2.45) is 0 Å². The van der Waals surface area contributed by atoms with Crippen molar-refractivity contribution >= 4 is 33.4 Å². The molecule has 1 aliphatic rings. The molecule has 0 spiro atoms. The topological polar surface area (TPSA) is 73.0 Å². The number of carbonyl (C=O) groups is 1. The third-order valence-electron chi connectivity index (χ3n) is 4.26. The summed E-state index contributed by atoms with van der Waals surface area (Å²) in [5.74, 6) is -0.803. The molecule has 0 radical (unpaired) electrons. The predicted octanol–water partition coefficient (Wildman–Crippen LogP) is 1.62. The highest BCUT2D eigenvalue weighted by atomic mass is 35.5. The first-order valence-corrected chi connectivity index (χ1v) is 10.3. The molecule has 1 N–H and O–H groups in total. The van der Waals surface area contributed by atoms with Crippen LogP contribution in [0, 0.1) is 5.82 Å². The molecule has 1 aromatic rings. The van der Waals surface area contributed by atoms with Crippen LogP contribution in [0.1, 0.15) is 13.8 Å². The molecule has 10 heteroatoms. The van der Waals surface area contributed by atoms with Crippen LogP contribution in [0.3, 0.4) is 0 Å². The first-order valence-electron chi connectivity index (χ1n) is 8.50. The number of amides is 1. The molecule has 0 bridgehead atoms. The Kier molecular flexibility index (Phi) is 7.36. The largest absolute Gasteiger partial charge is 0.325 e. The van der Waals surface area contributed by atoms with Crippen molar-refractivity contribution in [1.29, 1.82) is 0 Å². The van der Waals surface area contributed by atoms with Crippen LogP contribution in [0.5, 0.6) is 0 Å². The van der Waals surface area contributed by atoms with E-state index in [4.69, 9.17) is 11.6 Å². The molecule has 0 aliphatic carbocycles. The van der Waals surface area contributed by atoms with Crippen LogP contribution in [0.15, 0.2) is 18.2 Å². The van der Waals surface area contributed by atoms with Gasteiger partial charge >= 0.3 is 0 Å². The van der Waals surface area contributed by atoms with Crippen LogP contribution >= 0.6 is 11.6 Å². The number of nitrogens with zero attached hydrogens (tertiary/aromatic N) is 3. The van der Waals surface area contributed by atoms with Gasteiger partial charge in [-0.25, -0.2) is 4.39 Å². The van der Waals surface area contributed by atoms with Crippen LogP contribution in [0.25, 0.3) is 0 Å². The number of benzene rings is 1. The normalized spacial score (nSPS) is 16.8. The third kappa shape index (κ3) is 5.14. The number of hydrogen-bond donors (Lipinski definition) is 1. The monoisotopic (exact) mass is 406 g/mol. The third-order valence-corrected chi connectivity index (χ3v) is 6.74. The smallest absolute Gasteiger partial charge is 0.282 e. The van der Waals surface area contributed by atoms with Crippen LogP contribution in [-0.4, -0.2) is 73.6 Å². The summed E-state index contributed by atoms with van der Waals surface area (Å²) < 4.78 is 41.0. The Labute approximate surface area is 158 Å². The zero-order valence-corrected chi connectivity index (χ0v) is 16.5. The van der Waals surface area contributed by atoms with Crippen LogP contribution in [-0.2, 0) is 15.0 Å². The number of halogens is 2. The number of rotatable bonds is 7. The van der Waals surface area contributed by atoms with E-state index in [1.165, 1.54) is 26.8 Å². The fourth-order valence-electron chi connectivity index (χ4n) is 2.81. The van der Waals surface area contributed by atoms with E-state index in [2.05, 4.69) is 5.32 Å². The van der Waals surface area contributed by atoms with E-state index >= 15 is 0 Å². The quantitative estimate of drug-likeness (QED) is 0.746. The van der Waals surface area contributed by atoms with Gasteiger partial charge in [0.25, 0.3) is 10.2 Å². The van der Waals surface area contributed by atoms with Gasteiger partial charge in [-0.1, -0.05) is 25.4 Å². The fraction of sp³-hybridized carbons (Fsp3) is 0.562. The Hall–Kier alpha value is -1.26. The lowest BCUT2D eigenvalue weighted by Gasteiger charge is -2.35. The van der Waals surface area contributed by atoms with Crippen molar-refractivity contribution in [3.8, 4) is 0 Å². The van der Waals surface area contributed by atoms with Crippen molar-refractivity contribution in [1.82, 2.24) is 13.5 Å². The van der Waals surface area contributed by atoms with Crippen molar-refractivity contribution in [2.45, 2.75) is 13.8 Å². The van der Waals surface area contributed by atoms with Crippen molar-refractivity contribution < 1.29 is 17.6 Å². The van der Waals surface area contributed by atoms with Crippen molar-refractivity contribution in [2.75, 3.05) is 51.1 Å². The lowest BCUT2D eigenvalue weighted by molar-refractivity contribution is -0.117. The van der Waals surface area contributed by atoms with Gasteiger partial charge in [-0.2, -0.15) is 17.0 Å². The van der Waals surface area contributed by atoms with Crippen LogP contribution < -0.4 is 5.32 Å². The average Bonchev–Trinajstić information content (AvgIpc) is 2.59. The standard InChI is InChI=1S/C16H24ClFN4O3S/c1-3-21(4-2)26(24,25)22-9-7-20(8-10-22)12-16(23)19-13-5-6-15(18)14(17)11-13/h5-6,11H,3-4,7-10,12H2,1-2H3,(H,19,23). The lowest BCUT2D eigenvalue weighted by Crippen LogP contribution is -2.54. The maximum atomic E-state index is 13.1. The molecule has 0 unspecified atom stereocenters. The van der Waals surface area contributed by atoms with Crippen molar-refractivity contribution in [3.05, 3.63) is 29.0 Å². The highest BCUT2D eigenvalue weighted by Gasteiger charge is 2.31. The summed E-state index contributed by atoms with van der Waals surface area (Å²) in [5.41, 5.74) is 0.421.